The van der Waals surface area contributed by atoms with Gasteiger partial charge in [-0.3, -0.25) is 0 Å². The Hall–Kier alpha value is -0.250. The Labute approximate surface area is 129 Å². The van der Waals surface area contributed by atoms with Gasteiger partial charge in [0, 0.05) is 22.9 Å². The van der Waals surface area contributed by atoms with Crippen molar-refractivity contribution < 1.29 is 4.74 Å². The standard InChI is InChI=1S/C15H21BrClNO/c1-19-13-6-7-14(16)12(8-13)10-18-15-5-3-2-4-11(15)9-17/h6-8,11,15,18H,2-5,9-10H2,1H3. The molecule has 0 saturated heterocycles. The normalized spacial score (nSPS) is 23.3. The van der Waals surface area contributed by atoms with Gasteiger partial charge < -0.3 is 10.1 Å². The number of halogens is 2. The molecule has 1 fully saturated rings. The highest BCUT2D eigenvalue weighted by atomic mass is 79.9. The van der Waals surface area contributed by atoms with E-state index in [0.717, 1.165) is 22.6 Å². The summed E-state index contributed by atoms with van der Waals surface area (Å²) in [5, 5.41) is 3.66. The maximum Gasteiger partial charge on any atom is 0.119 e. The first kappa shape index (κ1) is 15.1. The predicted molar refractivity (Wildman–Crippen MR) is 84.0 cm³/mol. The fourth-order valence-corrected chi connectivity index (χ4v) is 3.47. The summed E-state index contributed by atoms with van der Waals surface area (Å²) in [5.41, 5.74) is 1.23. The molecule has 1 aromatic rings. The van der Waals surface area contributed by atoms with Gasteiger partial charge in [-0.15, -0.1) is 11.6 Å². The zero-order valence-electron chi connectivity index (χ0n) is 11.3. The summed E-state index contributed by atoms with van der Waals surface area (Å²) in [6.45, 7) is 0.857. The van der Waals surface area contributed by atoms with Crippen molar-refractivity contribution in [3.8, 4) is 5.75 Å². The second-order valence-corrected chi connectivity index (χ2v) is 6.31. The molecule has 0 amide bonds. The molecule has 2 rings (SSSR count). The van der Waals surface area contributed by atoms with Crippen LogP contribution in [0.5, 0.6) is 5.75 Å². The lowest BCUT2D eigenvalue weighted by Gasteiger charge is -2.31. The zero-order valence-corrected chi connectivity index (χ0v) is 13.6. The van der Waals surface area contributed by atoms with E-state index in [9.17, 15) is 0 Å². The number of rotatable bonds is 5. The summed E-state index contributed by atoms with van der Waals surface area (Å²) in [4.78, 5) is 0. The lowest BCUT2D eigenvalue weighted by Crippen LogP contribution is -2.39. The van der Waals surface area contributed by atoms with Gasteiger partial charge >= 0.3 is 0 Å². The van der Waals surface area contributed by atoms with Crippen LogP contribution in [0.2, 0.25) is 0 Å². The number of hydrogen-bond donors (Lipinski definition) is 1. The Balaban J connectivity index is 1.97. The molecule has 4 heteroatoms. The summed E-state index contributed by atoms with van der Waals surface area (Å²) >= 11 is 9.66. The van der Waals surface area contributed by atoms with Gasteiger partial charge in [-0.25, -0.2) is 0 Å². The Morgan fingerprint density at radius 1 is 1.37 bits per heavy atom. The zero-order chi connectivity index (χ0) is 13.7. The van der Waals surface area contributed by atoms with Gasteiger partial charge in [0.25, 0.3) is 0 Å². The SMILES string of the molecule is COc1ccc(Br)c(CNC2CCCCC2CCl)c1. The highest BCUT2D eigenvalue weighted by Crippen LogP contribution is 2.27. The van der Waals surface area contributed by atoms with Crippen molar-refractivity contribution in [2.75, 3.05) is 13.0 Å². The van der Waals surface area contributed by atoms with Crippen LogP contribution in [-0.2, 0) is 6.54 Å². The number of methoxy groups -OCH3 is 1. The van der Waals surface area contributed by atoms with Gasteiger partial charge in [0.2, 0.25) is 0 Å². The molecule has 1 saturated carbocycles. The van der Waals surface area contributed by atoms with Crippen LogP contribution in [0.1, 0.15) is 31.2 Å². The number of ether oxygens (including phenoxy) is 1. The first-order valence-electron chi connectivity index (χ1n) is 6.86. The Morgan fingerprint density at radius 3 is 2.89 bits per heavy atom. The van der Waals surface area contributed by atoms with E-state index in [1.807, 2.05) is 12.1 Å². The van der Waals surface area contributed by atoms with Crippen molar-refractivity contribution in [3.63, 3.8) is 0 Å². The lowest BCUT2D eigenvalue weighted by molar-refractivity contribution is 0.282. The van der Waals surface area contributed by atoms with E-state index >= 15 is 0 Å². The molecule has 0 bridgehead atoms. The van der Waals surface area contributed by atoms with E-state index in [1.165, 1.54) is 31.2 Å². The minimum absolute atomic E-state index is 0.546. The molecule has 0 radical (unpaired) electrons. The predicted octanol–water partition coefficient (Wildman–Crippen LogP) is 4.34. The number of hydrogen-bond acceptors (Lipinski definition) is 2. The molecular weight excluding hydrogens is 326 g/mol. The molecule has 0 aliphatic heterocycles. The minimum Gasteiger partial charge on any atom is -0.497 e. The number of benzene rings is 1. The molecule has 106 valence electrons. The topological polar surface area (TPSA) is 21.3 Å². The van der Waals surface area contributed by atoms with Gasteiger partial charge in [-0.2, -0.15) is 0 Å². The summed E-state index contributed by atoms with van der Waals surface area (Å²) in [6.07, 6.45) is 5.11. The summed E-state index contributed by atoms with van der Waals surface area (Å²) in [7, 11) is 1.70. The van der Waals surface area contributed by atoms with E-state index < -0.39 is 0 Å². The molecule has 0 aromatic heterocycles. The summed E-state index contributed by atoms with van der Waals surface area (Å²) in [5.74, 6) is 2.27. The van der Waals surface area contributed by atoms with E-state index in [4.69, 9.17) is 16.3 Å². The van der Waals surface area contributed by atoms with Crippen LogP contribution in [0.4, 0.5) is 0 Å². The van der Waals surface area contributed by atoms with Crippen molar-refractivity contribution >= 4 is 27.5 Å². The Morgan fingerprint density at radius 2 is 2.16 bits per heavy atom. The quantitative estimate of drug-likeness (QED) is 0.801. The second-order valence-electron chi connectivity index (χ2n) is 5.14. The van der Waals surface area contributed by atoms with E-state index in [2.05, 4.69) is 27.3 Å². The molecule has 1 aliphatic carbocycles. The smallest absolute Gasteiger partial charge is 0.119 e. The van der Waals surface area contributed by atoms with Gasteiger partial charge in [0.05, 0.1) is 7.11 Å². The fourth-order valence-electron chi connectivity index (χ4n) is 2.72. The van der Waals surface area contributed by atoms with Gasteiger partial charge in [-0.1, -0.05) is 28.8 Å². The highest BCUT2D eigenvalue weighted by molar-refractivity contribution is 9.10. The third-order valence-corrected chi connectivity index (χ3v) is 5.08. The lowest BCUT2D eigenvalue weighted by atomic mass is 9.85. The molecule has 2 atom stereocenters. The Kier molecular flexibility index (Phi) is 5.99. The number of nitrogens with one attached hydrogen (secondary N) is 1. The third kappa shape index (κ3) is 4.11. The van der Waals surface area contributed by atoms with Crippen LogP contribution < -0.4 is 10.1 Å². The van der Waals surface area contributed by atoms with Crippen molar-refractivity contribution in [3.05, 3.63) is 28.2 Å². The van der Waals surface area contributed by atoms with Crippen molar-refractivity contribution in [2.45, 2.75) is 38.3 Å². The van der Waals surface area contributed by atoms with Crippen molar-refractivity contribution in [2.24, 2.45) is 5.92 Å². The third-order valence-electron chi connectivity index (χ3n) is 3.91. The Bertz CT molecular complexity index is 413. The molecule has 1 N–H and O–H groups in total. The highest BCUT2D eigenvalue weighted by Gasteiger charge is 2.23. The average Bonchev–Trinajstić information content (AvgIpc) is 2.46. The van der Waals surface area contributed by atoms with Crippen molar-refractivity contribution in [1.82, 2.24) is 5.32 Å². The van der Waals surface area contributed by atoms with E-state index in [1.54, 1.807) is 7.11 Å². The van der Waals surface area contributed by atoms with Crippen LogP contribution in [-0.4, -0.2) is 19.0 Å². The largest absolute Gasteiger partial charge is 0.497 e. The molecule has 0 spiro atoms. The number of alkyl halides is 1. The fraction of sp³-hybridized carbons (Fsp3) is 0.600. The maximum absolute atomic E-state index is 6.07. The van der Waals surface area contributed by atoms with Crippen molar-refractivity contribution in [1.29, 1.82) is 0 Å². The molecule has 19 heavy (non-hydrogen) atoms. The molecular formula is C15H21BrClNO. The van der Waals surface area contributed by atoms with Gasteiger partial charge in [0.1, 0.15) is 5.75 Å². The molecule has 0 heterocycles. The van der Waals surface area contributed by atoms with Crippen LogP contribution in [0.15, 0.2) is 22.7 Å². The minimum atomic E-state index is 0.546. The monoisotopic (exact) mass is 345 g/mol. The van der Waals surface area contributed by atoms with Crippen LogP contribution in [0, 0.1) is 5.92 Å². The summed E-state index contributed by atoms with van der Waals surface area (Å²) in [6, 6.07) is 6.63. The van der Waals surface area contributed by atoms with E-state index in [0.29, 0.717) is 12.0 Å². The average molecular weight is 347 g/mol. The van der Waals surface area contributed by atoms with E-state index in [-0.39, 0.29) is 0 Å². The van der Waals surface area contributed by atoms with Gasteiger partial charge in [-0.05, 0) is 42.5 Å². The van der Waals surface area contributed by atoms with Crippen LogP contribution in [0.25, 0.3) is 0 Å². The van der Waals surface area contributed by atoms with Crippen LogP contribution >= 0.6 is 27.5 Å². The van der Waals surface area contributed by atoms with Gasteiger partial charge in [0.15, 0.2) is 0 Å². The summed E-state index contributed by atoms with van der Waals surface area (Å²) < 4.78 is 6.40. The molecule has 1 aromatic carbocycles. The first-order valence-corrected chi connectivity index (χ1v) is 8.19. The molecule has 2 nitrogen and oxygen atoms in total. The maximum atomic E-state index is 6.07. The van der Waals surface area contributed by atoms with Crippen LogP contribution in [0.3, 0.4) is 0 Å². The molecule has 1 aliphatic rings. The molecule has 2 unspecified atom stereocenters. The second kappa shape index (κ2) is 7.51. The first-order chi connectivity index (χ1) is 9.24.